The molecular formula is C18H21N3O6S. The number of nitro groups is 1. The van der Waals surface area contributed by atoms with Crippen molar-refractivity contribution < 1.29 is 24.0 Å². The highest BCUT2D eigenvalue weighted by Crippen LogP contribution is 2.29. The molecule has 9 nitrogen and oxygen atoms in total. The van der Waals surface area contributed by atoms with Gasteiger partial charge >= 0.3 is 5.97 Å². The number of hydrogen-bond acceptors (Lipinski definition) is 7. The van der Waals surface area contributed by atoms with Crippen LogP contribution in [0.15, 0.2) is 24.3 Å². The molecule has 150 valence electrons. The van der Waals surface area contributed by atoms with Crippen LogP contribution in [0.3, 0.4) is 0 Å². The van der Waals surface area contributed by atoms with Gasteiger partial charge in [0.05, 0.1) is 11.5 Å². The van der Waals surface area contributed by atoms with Gasteiger partial charge in [-0.15, -0.1) is 11.3 Å². The fraction of sp³-hybridized carbons (Fsp3) is 0.389. The Hall–Kier alpha value is -3.01. The fourth-order valence-electron chi connectivity index (χ4n) is 2.52. The number of fused-ring (bicyclic) bond motifs is 1. The highest BCUT2D eigenvalue weighted by atomic mass is 32.1. The van der Waals surface area contributed by atoms with Gasteiger partial charge in [0.15, 0.2) is 6.61 Å². The van der Waals surface area contributed by atoms with Gasteiger partial charge in [0.2, 0.25) is 5.91 Å². The maximum absolute atomic E-state index is 12.2. The molecule has 2 amide bonds. The Kier molecular flexibility index (Phi) is 7.05. The third kappa shape index (κ3) is 5.03. The maximum Gasteiger partial charge on any atom is 0.348 e. The Morgan fingerprint density at radius 3 is 2.43 bits per heavy atom. The van der Waals surface area contributed by atoms with Crippen LogP contribution in [0.1, 0.15) is 23.5 Å². The summed E-state index contributed by atoms with van der Waals surface area (Å²) in [7, 11) is 1.47. The first-order chi connectivity index (χ1) is 13.3. The average Bonchev–Trinajstić information content (AvgIpc) is 3.09. The van der Waals surface area contributed by atoms with Crippen LogP contribution < -0.4 is 0 Å². The Morgan fingerprint density at radius 1 is 1.14 bits per heavy atom. The topological polar surface area (TPSA) is 110 Å². The number of rotatable bonds is 8. The van der Waals surface area contributed by atoms with E-state index in [2.05, 4.69) is 0 Å². The smallest absolute Gasteiger partial charge is 0.348 e. The van der Waals surface area contributed by atoms with Crippen molar-refractivity contribution in [1.29, 1.82) is 0 Å². The lowest BCUT2D eigenvalue weighted by molar-refractivity contribution is -0.384. The van der Waals surface area contributed by atoms with Gasteiger partial charge in [-0.2, -0.15) is 0 Å². The average molecular weight is 407 g/mol. The van der Waals surface area contributed by atoms with Crippen LogP contribution in [0.2, 0.25) is 0 Å². The predicted octanol–water partition coefficient (Wildman–Crippen LogP) is 2.29. The van der Waals surface area contributed by atoms with Gasteiger partial charge < -0.3 is 14.5 Å². The molecule has 1 aromatic heterocycles. The molecule has 0 aliphatic carbocycles. The zero-order chi connectivity index (χ0) is 20.8. The van der Waals surface area contributed by atoms with Crippen molar-refractivity contribution in [2.75, 3.05) is 33.3 Å². The standard InChI is InChI=1S/C18H21N3O6S/c1-4-20(5-2)16(22)10-19(3)17(23)11-27-18(24)15-9-12-8-13(21(25)26)6-7-14(12)28-15/h6-9H,4-5,10-11H2,1-3H3. The summed E-state index contributed by atoms with van der Waals surface area (Å²) >= 11 is 1.12. The van der Waals surface area contributed by atoms with E-state index >= 15 is 0 Å². The molecule has 2 aromatic rings. The summed E-state index contributed by atoms with van der Waals surface area (Å²) in [6.45, 7) is 4.22. The van der Waals surface area contributed by atoms with Crippen LogP contribution >= 0.6 is 11.3 Å². The van der Waals surface area contributed by atoms with E-state index in [-0.39, 0.29) is 23.0 Å². The Bertz CT molecular complexity index is 906. The number of carbonyl (C=O) groups is 3. The van der Waals surface area contributed by atoms with E-state index in [1.54, 1.807) is 11.0 Å². The van der Waals surface area contributed by atoms with Crippen molar-refractivity contribution in [1.82, 2.24) is 9.80 Å². The van der Waals surface area contributed by atoms with Crippen LogP contribution in [0, 0.1) is 10.1 Å². The van der Waals surface area contributed by atoms with E-state index in [0.717, 1.165) is 11.3 Å². The SMILES string of the molecule is CCN(CC)C(=O)CN(C)C(=O)COC(=O)c1cc2cc([N+](=O)[O-])ccc2s1. The summed E-state index contributed by atoms with van der Waals surface area (Å²) in [6.07, 6.45) is 0. The highest BCUT2D eigenvalue weighted by Gasteiger charge is 2.19. The molecule has 0 radical (unpaired) electrons. The number of non-ortho nitro benzene ring substituents is 1. The number of esters is 1. The Morgan fingerprint density at radius 2 is 1.82 bits per heavy atom. The zero-order valence-corrected chi connectivity index (χ0v) is 16.7. The lowest BCUT2D eigenvalue weighted by Gasteiger charge is -2.23. The van der Waals surface area contributed by atoms with Gasteiger partial charge in [-0.25, -0.2) is 4.79 Å². The summed E-state index contributed by atoms with van der Waals surface area (Å²) in [5.74, 6) is -1.37. The molecule has 0 unspecified atom stereocenters. The maximum atomic E-state index is 12.2. The van der Waals surface area contributed by atoms with Crippen molar-refractivity contribution >= 4 is 44.9 Å². The second-order valence-electron chi connectivity index (χ2n) is 5.98. The number of nitro benzene ring substituents is 1. The number of thiophene rings is 1. The van der Waals surface area contributed by atoms with Crippen molar-refractivity contribution in [2.24, 2.45) is 0 Å². The molecule has 28 heavy (non-hydrogen) atoms. The molecule has 2 rings (SSSR count). The van der Waals surface area contributed by atoms with Crippen LogP contribution in [0.25, 0.3) is 10.1 Å². The summed E-state index contributed by atoms with van der Waals surface area (Å²) < 4.78 is 5.73. The molecule has 0 bridgehead atoms. The predicted molar refractivity (Wildman–Crippen MR) is 104 cm³/mol. The molecule has 0 N–H and O–H groups in total. The zero-order valence-electron chi connectivity index (χ0n) is 15.8. The van der Waals surface area contributed by atoms with Crippen molar-refractivity contribution in [3.63, 3.8) is 0 Å². The largest absolute Gasteiger partial charge is 0.451 e. The molecule has 0 aliphatic heterocycles. The van der Waals surface area contributed by atoms with Crippen molar-refractivity contribution in [3.8, 4) is 0 Å². The third-order valence-corrected chi connectivity index (χ3v) is 5.25. The minimum Gasteiger partial charge on any atom is -0.451 e. The fourth-order valence-corrected chi connectivity index (χ4v) is 3.46. The third-order valence-electron chi connectivity index (χ3n) is 4.15. The molecular weight excluding hydrogens is 386 g/mol. The molecule has 0 atom stereocenters. The van der Waals surface area contributed by atoms with E-state index in [9.17, 15) is 24.5 Å². The second kappa shape index (κ2) is 9.27. The lowest BCUT2D eigenvalue weighted by atomic mass is 10.2. The van der Waals surface area contributed by atoms with Crippen molar-refractivity contribution in [2.45, 2.75) is 13.8 Å². The molecule has 0 fully saturated rings. The first kappa shape index (κ1) is 21.3. The van der Waals surface area contributed by atoms with E-state index in [1.807, 2.05) is 13.8 Å². The number of hydrogen-bond donors (Lipinski definition) is 0. The minimum atomic E-state index is -0.694. The van der Waals surface area contributed by atoms with Gasteiger partial charge in [0.1, 0.15) is 4.88 Å². The first-order valence-electron chi connectivity index (χ1n) is 8.63. The van der Waals surface area contributed by atoms with Gasteiger partial charge in [-0.05, 0) is 26.0 Å². The lowest BCUT2D eigenvalue weighted by Crippen LogP contribution is -2.42. The monoisotopic (exact) mass is 407 g/mol. The Balaban J connectivity index is 1.95. The van der Waals surface area contributed by atoms with Crippen LogP contribution in [-0.4, -0.2) is 65.8 Å². The van der Waals surface area contributed by atoms with E-state index in [4.69, 9.17) is 4.74 Å². The quantitative estimate of drug-likeness (QED) is 0.377. The second-order valence-corrected chi connectivity index (χ2v) is 7.07. The van der Waals surface area contributed by atoms with Crippen LogP contribution in [0.5, 0.6) is 0 Å². The highest BCUT2D eigenvalue weighted by molar-refractivity contribution is 7.20. The number of likely N-dealkylation sites (N-methyl/N-ethyl adjacent to an activating group) is 2. The van der Waals surface area contributed by atoms with E-state index < -0.39 is 23.4 Å². The Labute approximate surface area is 165 Å². The van der Waals surface area contributed by atoms with Gasteiger partial charge in [0, 0.05) is 42.4 Å². The normalized spacial score (nSPS) is 10.5. The van der Waals surface area contributed by atoms with Gasteiger partial charge in [-0.1, -0.05) is 0 Å². The van der Waals surface area contributed by atoms with E-state index in [0.29, 0.717) is 23.2 Å². The summed E-state index contributed by atoms with van der Waals surface area (Å²) in [5, 5.41) is 11.4. The number of nitrogens with zero attached hydrogens (tertiary/aromatic N) is 3. The molecule has 0 saturated carbocycles. The number of carbonyl (C=O) groups excluding carboxylic acids is 3. The molecule has 0 aliphatic rings. The van der Waals surface area contributed by atoms with Gasteiger partial charge in [-0.3, -0.25) is 19.7 Å². The number of ether oxygens (including phenoxy) is 1. The van der Waals surface area contributed by atoms with Crippen molar-refractivity contribution in [3.05, 3.63) is 39.3 Å². The summed E-state index contributed by atoms with van der Waals surface area (Å²) in [5.41, 5.74) is -0.0695. The molecule has 1 aromatic carbocycles. The van der Waals surface area contributed by atoms with Gasteiger partial charge in [0.25, 0.3) is 11.6 Å². The van der Waals surface area contributed by atoms with Crippen LogP contribution in [0.4, 0.5) is 5.69 Å². The first-order valence-corrected chi connectivity index (χ1v) is 9.45. The summed E-state index contributed by atoms with van der Waals surface area (Å²) in [4.78, 5) is 49.7. The number of amides is 2. The molecule has 0 spiro atoms. The van der Waals surface area contributed by atoms with Crippen LogP contribution in [-0.2, 0) is 14.3 Å². The molecule has 0 saturated heterocycles. The van der Waals surface area contributed by atoms with E-state index in [1.165, 1.54) is 30.1 Å². The minimum absolute atomic E-state index is 0.0695. The molecule has 10 heteroatoms. The number of benzene rings is 1. The summed E-state index contributed by atoms with van der Waals surface area (Å²) in [6, 6.07) is 5.79. The molecule has 1 heterocycles.